The van der Waals surface area contributed by atoms with Crippen molar-refractivity contribution >= 4 is 34.7 Å². The molecule has 21 heavy (non-hydrogen) atoms. The predicted octanol–water partition coefficient (Wildman–Crippen LogP) is 4.60. The number of halogens is 2. The fourth-order valence-corrected chi connectivity index (χ4v) is 2.96. The lowest BCUT2D eigenvalue weighted by Crippen LogP contribution is -2.20. The maximum absolute atomic E-state index is 6.20. The average molecular weight is 322 g/mol. The van der Waals surface area contributed by atoms with E-state index in [-0.39, 0.29) is 0 Å². The molecule has 0 amide bonds. The molecule has 1 aromatic heterocycles. The lowest BCUT2D eigenvalue weighted by Gasteiger charge is -2.20. The summed E-state index contributed by atoms with van der Waals surface area (Å²) in [6.07, 6.45) is 4.30. The maximum Gasteiger partial charge on any atom is 0.151 e. The van der Waals surface area contributed by atoms with Crippen LogP contribution in [0.3, 0.4) is 0 Å². The summed E-state index contributed by atoms with van der Waals surface area (Å²) in [6.45, 7) is 2.78. The molecule has 3 rings (SSSR count). The Hall–Kier alpha value is -1.45. The summed E-state index contributed by atoms with van der Waals surface area (Å²) in [7, 11) is 0. The van der Waals surface area contributed by atoms with Gasteiger partial charge in [0.05, 0.1) is 5.69 Å². The highest BCUT2D eigenvalue weighted by molar-refractivity contribution is 6.33. The molecule has 1 N–H and O–H groups in total. The molecule has 5 heteroatoms. The zero-order valence-corrected chi connectivity index (χ0v) is 13.2. The minimum atomic E-state index is 0.631. The molecule has 1 fully saturated rings. The summed E-state index contributed by atoms with van der Waals surface area (Å²) in [6, 6.07) is 9.52. The minimum absolute atomic E-state index is 0.631. The molecular formula is C16H17Cl2N3. The van der Waals surface area contributed by atoms with Crippen LogP contribution in [0.25, 0.3) is 0 Å². The molecule has 0 bridgehead atoms. The zero-order valence-electron chi connectivity index (χ0n) is 11.6. The van der Waals surface area contributed by atoms with Crippen molar-refractivity contribution in [2.45, 2.75) is 19.4 Å². The van der Waals surface area contributed by atoms with Crippen LogP contribution in [-0.2, 0) is 6.54 Å². The van der Waals surface area contributed by atoms with Crippen LogP contribution in [0.15, 0.2) is 36.5 Å². The quantitative estimate of drug-likeness (QED) is 0.891. The summed E-state index contributed by atoms with van der Waals surface area (Å²) in [5.41, 5.74) is 2.02. The van der Waals surface area contributed by atoms with Crippen LogP contribution in [0.5, 0.6) is 0 Å². The van der Waals surface area contributed by atoms with E-state index in [4.69, 9.17) is 23.2 Å². The van der Waals surface area contributed by atoms with Crippen LogP contribution >= 0.6 is 23.2 Å². The molecule has 1 aromatic carbocycles. The third kappa shape index (κ3) is 3.42. The van der Waals surface area contributed by atoms with Crippen LogP contribution in [0.1, 0.15) is 18.4 Å². The van der Waals surface area contributed by atoms with E-state index in [1.807, 2.05) is 24.4 Å². The highest BCUT2D eigenvalue weighted by Gasteiger charge is 2.16. The molecule has 2 aromatic rings. The lowest BCUT2D eigenvalue weighted by molar-refractivity contribution is 0.935. The van der Waals surface area contributed by atoms with Gasteiger partial charge in [-0.2, -0.15) is 0 Å². The molecule has 1 aliphatic heterocycles. The molecule has 0 radical (unpaired) electrons. The SMILES string of the molecule is Clc1ccc(Cl)c(CNc2cccnc2N2CCCC2)c1. The molecule has 1 saturated heterocycles. The Kier molecular flexibility index (Phi) is 4.51. The molecule has 3 nitrogen and oxygen atoms in total. The van der Waals surface area contributed by atoms with E-state index < -0.39 is 0 Å². The monoisotopic (exact) mass is 321 g/mol. The topological polar surface area (TPSA) is 28.2 Å². The van der Waals surface area contributed by atoms with E-state index in [0.717, 1.165) is 35.2 Å². The van der Waals surface area contributed by atoms with Gasteiger partial charge in [0.2, 0.25) is 0 Å². The molecule has 2 heterocycles. The Labute approximate surface area is 134 Å². The Morgan fingerprint density at radius 2 is 1.95 bits per heavy atom. The number of pyridine rings is 1. The van der Waals surface area contributed by atoms with Gasteiger partial charge in [-0.1, -0.05) is 23.2 Å². The van der Waals surface area contributed by atoms with E-state index in [2.05, 4.69) is 21.3 Å². The summed E-state index contributed by atoms with van der Waals surface area (Å²) in [5, 5.41) is 4.84. The predicted molar refractivity (Wildman–Crippen MR) is 89.5 cm³/mol. The molecule has 0 unspecified atom stereocenters. The van der Waals surface area contributed by atoms with Crippen LogP contribution in [0, 0.1) is 0 Å². The first-order valence-corrected chi connectivity index (χ1v) is 7.87. The van der Waals surface area contributed by atoms with Crippen molar-refractivity contribution in [1.82, 2.24) is 4.98 Å². The zero-order chi connectivity index (χ0) is 14.7. The first kappa shape index (κ1) is 14.5. The van der Waals surface area contributed by atoms with Gasteiger partial charge in [-0.05, 0) is 48.7 Å². The first-order valence-electron chi connectivity index (χ1n) is 7.12. The molecule has 110 valence electrons. The van der Waals surface area contributed by atoms with E-state index >= 15 is 0 Å². The molecule has 1 aliphatic rings. The fraction of sp³-hybridized carbons (Fsp3) is 0.312. The van der Waals surface area contributed by atoms with Gasteiger partial charge in [0.15, 0.2) is 5.82 Å². The number of aromatic nitrogens is 1. The van der Waals surface area contributed by atoms with Crippen LogP contribution in [0.4, 0.5) is 11.5 Å². The van der Waals surface area contributed by atoms with Gasteiger partial charge in [-0.15, -0.1) is 0 Å². The van der Waals surface area contributed by atoms with Gasteiger partial charge >= 0.3 is 0 Å². The average Bonchev–Trinajstić information content (AvgIpc) is 3.03. The second-order valence-corrected chi connectivity index (χ2v) is 6.00. The standard InChI is InChI=1S/C16H17Cl2N3/c17-13-5-6-14(18)12(10-13)11-20-15-4-3-7-19-16(15)21-8-1-2-9-21/h3-7,10,20H,1-2,8-9,11H2. The number of rotatable bonds is 4. The third-order valence-electron chi connectivity index (χ3n) is 3.67. The highest BCUT2D eigenvalue weighted by atomic mass is 35.5. The second kappa shape index (κ2) is 6.54. The Balaban J connectivity index is 1.77. The van der Waals surface area contributed by atoms with Gasteiger partial charge in [-0.3, -0.25) is 0 Å². The van der Waals surface area contributed by atoms with Crippen molar-refractivity contribution < 1.29 is 0 Å². The Bertz CT molecular complexity index is 625. The van der Waals surface area contributed by atoms with Gasteiger partial charge in [0, 0.05) is 35.9 Å². The van der Waals surface area contributed by atoms with E-state index in [0.29, 0.717) is 11.6 Å². The largest absolute Gasteiger partial charge is 0.378 e. The fourth-order valence-electron chi connectivity index (χ4n) is 2.59. The summed E-state index contributed by atoms with van der Waals surface area (Å²) < 4.78 is 0. The summed E-state index contributed by atoms with van der Waals surface area (Å²) >= 11 is 12.2. The van der Waals surface area contributed by atoms with Crippen LogP contribution < -0.4 is 10.2 Å². The van der Waals surface area contributed by atoms with E-state index in [1.165, 1.54) is 12.8 Å². The van der Waals surface area contributed by atoms with E-state index in [1.54, 1.807) is 6.07 Å². The van der Waals surface area contributed by atoms with Gasteiger partial charge in [0.25, 0.3) is 0 Å². The van der Waals surface area contributed by atoms with Crippen molar-refractivity contribution in [2.75, 3.05) is 23.3 Å². The number of nitrogens with one attached hydrogen (secondary N) is 1. The van der Waals surface area contributed by atoms with Gasteiger partial charge in [0.1, 0.15) is 0 Å². The Morgan fingerprint density at radius 1 is 1.14 bits per heavy atom. The van der Waals surface area contributed by atoms with Crippen molar-refractivity contribution in [3.63, 3.8) is 0 Å². The Morgan fingerprint density at radius 3 is 2.76 bits per heavy atom. The normalized spacial score (nSPS) is 14.5. The molecule has 0 saturated carbocycles. The molecule has 0 aliphatic carbocycles. The van der Waals surface area contributed by atoms with Crippen molar-refractivity contribution in [3.05, 3.63) is 52.1 Å². The first-order chi connectivity index (χ1) is 10.2. The molecule has 0 atom stereocenters. The van der Waals surface area contributed by atoms with Crippen molar-refractivity contribution in [1.29, 1.82) is 0 Å². The van der Waals surface area contributed by atoms with Crippen LogP contribution in [-0.4, -0.2) is 18.1 Å². The lowest BCUT2D eigenvalue weighted by atomic mass is 10.2. The third-order valence-corrected chi connectivity index (χ3v) is 4.27. The maximum atomic E-state index is 6.20. The number of benzene rings is 1. The minimum Gasteiger partial charge on any atom is -0.378 e. The summed E-state index contributed by atoms with van der Waals surface area (Å²) in [4.78, 5) is 6.84. The molecular weight excluding hydrogens is 305 g/mol. The smallest absolute Gasteiger partial charge is 0.151 e. The van der Waals surface area contributed by atoms with Gasteiger partial charge in [-0.25, -0.2) is 4.98 Å². The van der Waals surface area contributed by atoms with Gasteiger partial charge < -0.3 is 10.2 Å². The number of anilines is 2. The van der Waals surface area contributed by atoms with E-state index in [9.17, 15) is 0 Å². The van der Waals surface area contributed by atoms with Crippen molar-refractivity contribution in [2.24, 2.45) is 0 Å². The summed E-state index contributed by atoms with van der Waals surface area (Å²) in [5.74, 6) is 1.02. The highest BCUT2D eigenvalue weighted by Crippen LogP contribution is 2.28. The molecule has 0 spiro atoms. The van der Waals surface area contributed by atoms with Crippen LogP contribution in [0.2, 0.25) is 10.0 Å². The van der Waals surface area contributed by atoms with Crippen molar-refractivity contribution in [3.8, 4) is 0 Å². The second-order valence-electron chi connectivity index (χ2n) is 5.16. The number of nitrogens with zero attached hydrogens (tertiary/aromatic N) is 2. The number of hydrogen-bond acceptors (Lipinski definition) is 3. The number of hydrogen-bond donors (Lipinski definition) is 1.